The lowest BCUT2D eigenvalue weighted by Crippen LogP contribution is -2.38. The zero-order valence-corrected chi connectivity index (χ0v) is 16.9. The maximum Gasteiger partial charge on any atom is 0.331 e. The van der Waals surface area contributed by atoms with E-state index in [0.717, 1.165) is 10.0 Å². The maximum absolute atomic E-state index is 12.6. The highest BCUT2D eigenvalue weighted by molar-refractivity contribution is 9.10. The number of nitrogens with zero attached hydrogens (tertiary/aromatic N) is 1. The lowest BCUT2D eigenvalue weighted by atomic mass is 9.87. The van der Waals surface area contributed by atoms with Gasteiger partial charge in [-0.3, -0.25) is 8.87 Å². The van der Waals surface area contributed by atoms with Crippen LogP contribution in [0.15, 0.2) is 22.7 Å². The Hall–Kier alpha value is -0.400. The van der Waals surface area contributed by atoms with Gasteiger partial charge in [-0.15, -0.1) is 0 Å². The summed E-state index contributed by atoms with van der Waals surface area (Å²) >= 11 is 3.42. The van der Waals surface area contributed by atoms with Gasteiger partial charge < -0.3 is 9.05 Å². The maximum atomic E-state index is 12.6. The van der Waals surface area contributed by atoms with Crippen molar-refractivity contribution in [3.8, 4) is 0 Å². The highest BCUT2D eigenvalue weighted by Crippen LogP contribution is 2.55. The molecule has 23 heavy (non-hydrogen) atoms. The lowest BCUT2D eigenvalue weighted by Gasteiger charge is -2.28. The molecule has 1 aromatic rings. The number of fused-ring (bicyclic) bond motifs is 1. The molecule has 9 heteroatoms. The molecule has 0 amide bonds. The first-order valence-electron chi connectivity index (χ1n) is 7.12. The topological polar surface area (TPSA) is 72.9 Å². The number of hydrogen-bond donors (Lipinski definition) is 0. The van der Waals surface area contributed by atoms with Crippen molar-refractivity contribution in [2.24, 2.45) is 0 Å². The van der Waals surface area contributed by atoms with Crippen molar-refractivity contribution in [1.29, 1.82) is 0 Å². The van der Waals surface area contributed by atoms with Crippen LogP contribution < -0.4 is 4.31 Å². The van der Waals surface area contributed by atoms with Gasteiger partial charge in [-0.25, -0.2) is 8.42 Å². The van der Waals surface area contributed by atoms with E-state index in [0.29, 0.717) is 5.69 Å². The van der Waals surface area contributed by atoms with Crippen molar-refractivity contribution in [3.63, 3.8) is 0 Å². The predicted molar refractivity (Wildman–Crippen MR) is 94.8 cm³/mol. The molecule has 0 saturated heterocycles. The number of benzene rings is 1. The van der Waals surface area contributed by atoms with Gasteiger partial charge in [0.1, 0.15) is 0 Å². The molecule has 1 aromatic carbocycles. The molecule has 6 nitrogen and oxygen atoms in total. The van der Waals surface area contributed by atoms with Crippen LogP contribution in [0.1, 0.15) is 19.4 Å². The van der Waals surface area contributed by atoms with E-state index in [-0.39, 0.29) is 18.5 Å². The van der Waals surface area contributed by atoms with Gasteiger partial charge in [0.15, 0.2) is 0 Å². The molecule has 0 radical (unpaired) electrons. The van der Waals surface area contributed by atoms with Gasteiger partial charge in [-0.1, -0.05) is 22.9 Å². The Bertz CT molecular complexity index is 746. The standard InChI is InChI=1S/C14H21BrNO5PS/c1-5-23(18,19)16-9-14(2,10-22(17,20-3)21-4)12-8-11(15)6-7-13(12)16/h6-8H,5,9-10H2,1-4H3. The molecule has 0 saturated carbocycles. The fourth-order valence-electron chi connectivity index (χ4n) is 2.87. The van der Waals surface area contributed by atoms with Crippen molar-refractivity contribution >= 4 is 39.2 Å². The predicted octanol–water partition coefficient (Wildman–Crippen LogP) is 3.36. The number of sulfonamides is 1. The summed E-state index contributed by atoms with van der Waals surface area (Å²) in [5.74, 6) is 0.00476. The van der Waals surface area contributed by atoms with Crippen molar-refractivity contribution < 1.29 is 22.0 Å². The normalized spacial score (nSPS) is 21.5. The molecule has 1 aliphatic rings. The minimum absolute atomic E-state index is 0.00476. The van der Waals surface area contributed by atoms with Crippen LogP contribution in [0.3, 0.4) is 0 Å². The molecule has 1 heterocycles. The summed E-state index contributed by atoms with van der Waals surface area (Å²) in [6.45, 7) is 3.71. The zero-order chi connectivity index (χ0) is 17.5. The molecule has 0 aliphatic carbocycles. The first-order chi connectivity index (χ1) is 10.6. The number of halogens is 1. The minimum Gasteiger partial charge on any atom is -0.312 e. The third kappa shape index (κ3) is 3.51. The molecule has 1 atom stereocenters. The van der Waals surface area contributed by atoms with Gasteiger partial charge in [0.25, 0.3) is 0 Å². The van der Waals surface area contributed by atoms with Gasteiger partial charge in [-0.05, 0) is 30.7 Å². The quantitative estimate of drug-likeness (QED) is 0.653. The van der Waals surface area contributed by atoms with Crippen LogP contribution in [0.5, 0.6) is 0 Å². The van der Waals surface area contributed by atoms with E-state index in [1.54, 1.807) is 19.1 Å². The molecule has 0 N–H and O–H groups in total. The summed E-state index contributed by atoms with van der Waals surface area (Å²) < 4.78 is 49.8. The van der Waals surface area contributed by atoms with Crippen LogP contribution in [0, 0.1) is 0 Å². The second-order valence-corrected chi connectivity index (χ2v) is 11.1. The summed E-state index contributed by atoms with van der Waals surface area (Å²) in [6, 6.07) is 5.44. The summed E-state index contributed by atoms with van der Waals surface area (Å²) in [7, 11) is -4.03. The summed E-state index contributed by atoms with van der Waals surface area (Å²) in [5.41, 5.74) is 0.776. The fourth-order valence-corrected chi connectivity index (χ4v) is 6.01. The Kier molecular flexibility index (Phi) is 5.34. The van der Waals surface area contributed by atoms with Crippen molar-refractivity contribution in [1.82, 2.24) is 0 Å². The van der Waals surface area contributed by atoms with Gasteiger partial charge in [0.05, 0.1) is 17.6 Å². The van der Waals surface area contributed by atoms with Crippen LogP contribution in [-0.4, -0.2) is 41.1 Å². The zero-order valence-electron chi connectivity index (χ0n) is 13.6. The van der Waals surface area contributed by atoms with Crippen LogP contribution in [0.2, 0.25) is 0 Å². The first-order valence-corrected chi connectivity index (χ1v) is 11.2. The summed E-state index contributed by atoms with van der Waals surface area (Å²) in [6.07, 6.45) is 0.103. The molecule has 0 bridgehead atoms. The third-order valence-electron chi connectivity index (χ3n) is 4.17. The summed E-state index contributed by atoms with van der Waals surface area (Å²) in [5, 5.41) is 0. The fraction of sp³-hybridized carbons (Fsp3) is 0.571. The summed E-state index contributed by atoms with van der Waals surface area (Å²) in [4.78, 5) is 0. The Labute approximate surface area is 145 Å². The minimum atomic E-state index is -3.42. The van der Waals surface area contributed by atoms with E-state index >= 15 is 0 Å². The Morgan fingerprint density at radius 3 is 2.48 bits per heavy atom. The molecule has 1 aliphatic heterocycles. The molecular weight excluding hydrogens is 405 g/mol. The van der Waals surface area contributed by atoms with Crippen LogP contribution in [0.4, 0.5) is 5.69 Å². The van der Waals surface area contributed by atoms with Crippen molar-refractivity contribution in [2.75, 3.05) is 37.0 Å². The van der Waals surface area contributed by atoms with Crippen LogP contribution in [-0.2, 0) is 29.1 Å². The molecular formula is C14H21BrNO5PS. The van der Waals surface area contributed by atoms with Crippen molar-refractivity contribution in [3.05, 3.63) is 28.2 Å². The molecule has 130 valence electrons. The number of anilines is 1. The molecule has 0 fully saturated rings. The Morgan fingerprint density at radius 2 is 1.96 bits per heavy atom. The van der Waals surface area contributed by atoms with E-state index in [4.69, 9.17) is 9.05 Å². The largest absolute Gasteiger partial charge is 0.331 e. The number of rotatable bonds is 6. The second-order valence-electron chi connectivity index (χ2n) is 5.76. The van der Waals surface area contributed by atoms with Gasteiger partial charge in [0.2, 0.25) is 10.0 Å². The van der Waals surface area contributed by atoms with E-state index in [2.05, 4.69) is 15.9 Å². The number of hydrogen-bond acceptors (Lipinski definition) is 5. The van der Waals surface area contributed by atoms with Crippen molar-refractivity contribution in [2.45, 2.75) is 19.3 Å². The van der Waals surface area contributed by atoms with Crippen LogP contribution >= 0.6 is 23.5 Å². The van der Waals surface area contributed by atoms with Crippen LogP contribution in [0.25, 0.3) is 0 Å². The second kappa shape index (κ2) is 6.48. The molecule has 2 rings (SSSR count). The highest BCUT2D eigenvalue weighted by Gasteiger charge is 2.47. The smallest absolute Gasteiger partial charge is 0.312 e. The molecule has 0 aromatic heterocycles. The molecule has 1 unspecified atom stereocenters. The highest BCUT2D eigenvalue weighted by atomic mass is 79.9. The average molecular weight is 426 g/mol. The van der Waals surface area contributed by atoms with E-state index in [9.17, 15) is 13.0 Å². The van der Waals surface area contributed by atoms with Gasteiger partial charge >= 0.3 is 7.60 Å². The molecule has 0 spiro atoms. The van der Waals surface area contributed by atoms with E-state index in [1.165, 1.54) is 18.5 Å². The van der Waals surface area contributed by atoms with Gasteiger partial charge in [-0.2, -0.15) is 0 Å². The van der Waals surface area contributed by atoms with E-state index < -0.39 is 23.0 Å². The third-order valence-corrected chi connectivity index (χ3v) is 8.59. The lowest BCUT2D eigenvalue weighted by molar-refractivity contribution is 0.268. The average Bonchev–Trinajstić information content (AvgIpc) is 2.80. The SMILES string of the molecule is CCS(=O)(=O)N1CC(C)(CP(=O)(OC)OC)c2cc(Br)ccc21. The first kappa shape index (κ1) is 18.9. The van der Waals surface area contributed by atoms with Gasteiger partial charge in [0, 0.05) is 30.7 Å². The monoisotopic (exact) mass is 425 g/mol. The Balaban J connectivity index is 2.56. The van der Waals surface area contributed by atoms with E-state index in [1.807, 2.05) is 13.0 Å². The Morgan fingerprint density at radius 1 is 1.35 bits per heavy atom.